The number of epoxide rings is 1. The van der Waals surface area contributed by atoms with Gasteiger partial charge < -0.3 is 9.64 Å². The molecular weight excluding hydrogens is 186 g/mol. The summed E-state index contributed by atoms with van der Waals surface area (Å²) >= 11 is 0. The highest BCUT2D eigenvalue weighted by Gasteiger charge is 2.42. The topological polar surface area (TPSA) is 15.8 Å². The molecule has 2 saturated heterocycles. The fourth-order valence-electron chi connectivity index (χ4n) is 2.38. The number of rotatable bonds is 3. The third-order valence-corrected chi connectivity index (χ3v) is 3.42. The van der Waals surface area contributed by atoms with Gasteiger partial charge in [0, 0.05) is 19.6 Å². The predicted octanol–water partition coefficient (Wildman–Crippen LogP) is 1.70. The van der Waals surface area contributed by atoms with Crippen LogP contribution in [0.3, 0.4) is 0 Å². The van der Waals surface area contributed by atoms with Crippen LogP contribution >= 0.6 is 0 Å². The molecule has 0 N–H and O–H groups in total. The second-order valence-corrected chi connectivity index (χ2v) is 4.54. The molecule has 0 unspecified atom stereocenters. The van der Waals surface area contributed by atoms with Crippen LogP contribution in [0.2, 0.25) is 0 Å². The lowest BCUT2D eigenvalue weighted by Gasteiger charge is -2.23. The number of nitrogens with zero attached hydrogens (tertiary/aromatic N) is 1. The molecule has 2 heteroatoms. The van der Waals surface area contributed by atoms with Crippen LogP contribution in [-0.4, -0.2) is 36.7 Å². The molecule has 2 aliphatic heterocycles. The van der Waals surface area contributed by atoms with Gasteiger partial charge in [-0.2, -0.15) is 0 Å². The summed E-state index contributed by atoms with van der Waals surface area (Å²) in [6.07, 6.45) is 3.57. The van der Waals surface area contributed by atoms with Gasteiger partial charge in [0.15, 0.2) is 0 Å². The Morgan fingerprint density at radius 2 is 2.07 bits per heavy atom. The lowest BCUT2D eigenvalue weighted by atomic mass is 10.1. The minimum absolute atomic E-state index is 0.564. The van der Waals surface area contributed by atoms with Crippen molar-refractivity contribution in [3.63, 3.8) is 0 Å². The molecule has 1 aromatic rings. The highest BCUT2D eigenvalue weighted by atomic mass is 16.6. The number of fused-ring (bicyclic) bond motifs is 1. The Kier molecular flexibility index (Phi) is 2.47. The van der Waals surface area contributed by atoms with Gasteiger partial charge in [0.25, 0.3) is 0 Å². The summed E-state index contributed by atoms with van der Waals surface area (Å²) in [6, 6.07) is 10.7. The van der Waals surface area contributed by atoms with Gasteiger partial charge in [0.1, 0.15) is 0 Å². The van der Waals surface area contributed by atoms with Crippen molar-refractivity contribution in [1.82, 2.24) is 4.90 Å². The maximum absolute atomic E-state index is 5.52. The average Bonchev–Trinajstić information content (AvgIpc) is 3.06. The summed E-state index contributed by atoms with van der Waals surface area (Å²) in [5.74, 6) is 0. The molecule has 15 heavy (non-hydrogen) atoms. The zero-order valence-corrected chi connectivity index (χ0v) is 8.93. The van der Waals surface area contributed by atoms with E-state index in [0.29, 0.717) is 12.2 Å². The second kappa shape index (κ2) is 3.95. The molecule has 2 aliphatic rings. The summed E-state index contributed by atoms with van der Waals surface area (Å²) < 4.78 is 5.52. The maximum atomic E-state index is 5.52. The molecule has 0 spiro atoms. The van der Waals surface area contributed by atoms with Crippen LogP contribution in [-0.2, 0) is 11.2 Å². The van der Waals surface area contributed by atoms with E-state index in [1.807, 2.05) is 0 Å². The summed E-state index contributed by atoms with van der Waals surface area (Å²) in [5, 5.41) is 0. The van der Waals surface area contributed by atoms with Crippen molar-refractivity contribution in [2.24, 2.45) is 0 Å². The number of ether oxygens (including phenoxy) is 1. The van der Waals surface area contributed by atoms with Gasteiger partial charge in [0.05, 0.1) is 12.2 Å². The van der Waals surface area contributed by atoms with Crippen LogP contribution in [0.15, 0.2) is 30.3 Å². The lowest BCUT2D eigenvalue weighted by molar-refractivity contribution is 0.248. The van der Waals surface area contributed by atoms with Crippen molar-refractivity contribution in [3.8, 4) is 0 Å². The van der Waals surface area contributed by atoms with Crippen molar-refractivity contribution in [1.29, 1.82) is 0 Å². The fraction of sp³-hybridized carbons (Fsp3) is 0.538. The van der Waals surface area contributed by atoms with E-state index in [2.05, 4.69) is 35.2 Å². The van der Waals surface area contributed by atoms with Crippen LogP contribution in [0.25, 0.3) is 0 Å². The van der Waals surface area contributed by atoms with Gasteiger partial charge in [-0.25, -0.2) is 0 Å². The Morgan fingerprint density at radius 1 is 1.20 bits per heavy atom. The quantitative estimate of drug-likeness (QED) is 0.695. The lowest BCUT2D eigenvalue weighted by Crippen LogP contribution is -2.35. The molecule has 0 bridgehead atoms. The Labute approximate surface area is 90.8 Å². The summed E-state index contributed by atoms with van der Waals surface area (Å²) in [7, 11) is 0. The zero-order valence-electron chi connectivity index (χ0n) is 8.93. The highest BCUT2D eigenvalue weighted by Crippen LogP contribution is 2.30. The van der Waals surface area contributed by atoms with Crippen molar-refractivity contribution < 1.29 is 4.74 Å². The first-order valence-electron chi connectivity index (χ1n) is 5.83. The van der Waals surface area contributed by atoms with Gasteiger partial charge in [-0.3, -0.25) is 0 Å². The normalized spacial score (nSPS) is 29.9. The Bertz CT molecular complexity index is 325. The standard InChI is InChI=1S/C13H17NO/c1-2-4-11(5-3-1)6-8-14-9-7-12-13(10-14)15-12/h1-5,12-13H,6-10H2/t12-,13+/m0/s1. The first-order chi connectivity index (χ1) is 7.42. The van der Waals surface area contributed by atoms with E-state index in [1.165, 1.54) is 25.1 Å². The maximum Gasteiger partial charge on any atom is 0.0968 e. The summed E-state index contributed by atoms with van der Waals surface area (Å²) in [5.41, 5.74) is 1.44. The molecular formula is C13H17NO. The Balaban J connectivity index is 1.49. The third kappa shape index (κ3) is 2.21. The molecule has 0 amide bonds. The molecule has 2 fully saturated rings. The Hall–Kier alpha value is -0.860. The van der Waals surface area contributed by atoms with Crippen LogP contribution < -0.4 is 0 Å². The number of hydrogen-bond donors (Lipinski definition) is 0. The molecule has 1 aromatic carbocycles. The van der Waals surface area contributed by atoms with Gasteiger partial charge in [0.2, 0.25) is 0 Å². The van der Waals surface area contributed by atoms with Gasteiger partial charge in [-0.05, 0) is 18.4 Å². The highest BCUT2D eigenvalue weighted by molar-refractivity contribution is 5.15. The molecule has 0 saturated carbocycles. The predicted molar refractivity (Wildman–Crippen MR) is 59.9 cm³/mol. The van der Waals surface area contributed by atoms with Crippen LogP contribution in [0.4, 0.5) is 0 Å². The largest absolute Gasteiger partial charge is 0.368 e. The van der Waals surface area contributed by atoms with Crippen molar-refractivity contribution in [2.45, 2.75) is 25.0 Å². The van der Waals surface area contributed by atoms with E-state index in [9.17, 15) is 0 Å². The van der Waals surface area contributed by atoms with Gasteiger partial charge in [-0.1, -0.05) is 30.3 Å². The number of benzene rings is 1. The molecule has 2 nitrogen and oxygen atoms in total. The number of hydrogen-bond acceptors (Lipinski definition) is 2. The van der Waals surface area contributed by atoms with E-state index < -0.39 is 0 Å². The minimum Gasteiger partial charge on any atom is -0.368 e. The minimum atomic E-state index is 0.564. The first-order valence-corrected chi connectivity index (χ1v) is 5.83. The molecule has 0 aliphatic carbocycles. The van der Waals surface area contributed by atoms with Crippen molar-refractivity contribution in [2.75, 3.05) is 19.6 Å². The summed E-state index contributed by atoms with van der Waals surface area (Å²) in [6.45, 7) is 3.54. The van der Waals surface area contributed by atoms with Gasteiger partial charge >= 0.3 is 0 Å². The average molecular weight is 203 g/mol. The SMILES string of the molecule is c1ccc(CCN2CC[C@@H]3O[C@@H]3C2)cc1. The number of likely N-dealkylation sites (tertiary alicyclic amines) is 1. The van der Waals surface area contributed by atoms with E-state index in [0.717, 1.165) is 13.0 Å². The van der Waals surface area contributed by atoms with E-state index in [-0.39, 0.29) is 0 Å². The second-order valence-electron chi connectivity index (χ2n) is 4.54. The molecule has 2 atom stereocenters. The monoisotopic (exact) mass is 203 g/mol. The van der Waals surface area contributed by atoms with E-state index in [1.54, 1.807) is 0 Å². The van der Waals surface area contributed by atoms with E-state index >= 15 is 0 Å². The molecule has 80 valence electrons. The van der Waals surface area contributed by atoms with Crippen LogP contribution in [0.5, 0.6) is 0 Å². The van der Waals surface area contributed by atoms with E-state index in [4.69, 9.17) is 4.74 Å². The zero-order chi connectivity index (χ0) is 10.1. The first kappa shape index (κ1) is 9.37. The van der Waals surface area contributed by atoms with Crippen molar-refractivity contribution >= 4 is 0 Å². The molecule has 0 radical (unpaired) electrons. The molecule has 2 heterocycles. The van der Waals surface area contributed by atoms with Crippen LogP contribution in [0.1, 0.15) is 12.0 Å². The molecule has 3 rings (SSSR count). The fourth-order valence-corrected chi connectivity index (χ4v) is 2.38. The summed E-state index contributed by atoms with van der Waals surface area (Å²) in [4.78, 5) is 2.53. The molecule has 0 aromatic heterocycles. The number of piperidine rings is 1. The van der Waals surface area contributed by atoms with Gasteiger partial charge in [-0.15, -0.1) is 0 Å². The smallest absolute Gasteiger partial charge is 0.0968 e. The third-order valence-electron chi connectivity index (χ3n) is 3.42. The van der Waals surface area contributed by atoms with Crippen LogP contribution in [0, 0.1) is 0 Å². The van der Waals surface area contributed by atoms with Crippen molar-refractivity contribution in [3.05, 3.63) is 35.9 Å². The Morgan fingerprint density at radius 3 is 2.87 bits per heavy atom.